The Hall–Kier alpha value is -2.98. The number of benzene rings is 3. The Morgan fingerprint density at radius 2 is 1.79 bits per heavy atom. The van der Waals surface area contributed by atoms with Crippen LogP contribution in [0.3, 0.4) is 0 Å². The van der Waals surface area contributed by atoms with Gasteiger partial charge in [-0.05, 0) is 52.9 Å². The molecule has 0 aliphatic carbocycles. The molecule has 4 nitrogen and oxygen atoms in total. The first-order valence-corrected chi connectivity index (χ1v) is 9.79. The number of fused-ring (bicyclic) bond motifs is 2. The first kappa shape index (κ1) is 17.1. The molecule has 1 N–H and O–H groups in total. The van der Waals surface area contributed by atoms with Crippen molar-refractivity contribution in [2.75, 3.05) is 19.9 Å². The highest BCUT2D eigenvalue weighted by Crippen LogP contribution is 2.40. The fourth-order valence-electron chi connectivity index (χ4n) is 3.96. The van der Waals surface area contributed by atoms with Crippen molar-refractivity contribution in [1.29, 1.82) is 0 Å². The smallest absolute Gasteiger partial charge is 0.231 e. The molecule has 0 spiro atoms. The lowest BCUT2D eigenvalue weighted by Gasteiger charge is -2.28. The maximum absolute atomic E-state index is 6.03. The molecule has 0 bridgehead atoms. The topological polar surface area (TPSA) is 39.7 Å². The van der Waals surface area contributed by atoms with Gasteiger partial charge in [-0.25, -0.2) is 0 Å². The first-order chi connectivity index (χ1) is 13.9. The first-order valence-electron chi connectivity index (χ1n) is 9.79. The van der Waals surface area contributed by atoms with E-state index in [-0.39, 0.29) is 6.04 Å². The number of ether oxygens (including phenoxy) is 3. The van der Waals surface area contributed by atoms with Gasteiger partial charge in [0.15, 0.2) is 11.5 Å². The fraction of sp³-hybridized carbons (Fsp3) is 0.250. The van der Waals surface area contributed by atoms with Gasteiger partial charge in [0.2, 0.25) is 6.79 Å². The summed E-state index contributed by atoms with van der Waals surface area (Å²) < 4.78 is 17.2. The zero-order chi connectivity index (χ0) is 18.8. The van der Waals surface area contributed by atoms with Gasteiger partial charge >= 0.3 is 0 Å². The molecule has 0 saturated carbocycles. The van der Waals surface area contributed by atoms with Crippen molar-refractivity contribution >= 4 is 0 Å². The van der Waals surface area contributed by atoms with Gasteiger partial charge in [-0.2, -0.15) is 0 Å². The molecule has 1 atom stereocenters. The highest BCUT2D eigenvalue weighted by molar-refractivity contribution is 5.53. The lowest BCUT2D eigenvalue weighted by molar-refractivity contribution is 0.174. The van der Waals surface area contributed by atoms with Crippen LogP contribution in [0, 0.1) is 0 Å². The quantitative estimate of drug-likeness (QED) is 0.725. The maximum Gasteiger partial charge on any atom is 0.231 e. The van der Waals surface area contributed by atoms with E-state index < -0.39 is 0 Å². The van der Waals surface area contributed by atoms with E-state index in [0.717, 1.165) is 36.6 Å². The van der Waals surface area contributed by atoms with Gasteiger partial charge in [-0.1, -0.05) is 42.5 Å². The minimum Gasteiger partial charge on any atom is -0.493 e. The van der Waals surface area contributed by atoms with Crippen molar-refractivity contribution in [3.05, 3.63) is 89.0 Å². The van der Waals surface area contributed by atoms with Gasteiger partial charge in [0.25, 0.3) is 0 Å². The summed E-state index contributed by atoms with van der Waals surface area (Å²) in [5.74, 6) is 2.60. The maximum atomic E-state index is 6.03. The second-order valence-corrected chi connectivity index (χ2v) is 7.20. The minimum atomic E-state index is 0.135. The third-order valence-corrected chi connectivity index (χ3v) is 5.38. The molecule has 2 aliphatic heterocycles. The summed E-state index contributed by atoms with van der Waals surface area (Å²) in [7, 11) is 0. The zero-order valence-corrected chi connectivity index (χ0v) is 15.7. The fourth-order valence-corrected chi connectivity index (χ4v) is 3.96. The van der Waals surface area contributed by atoms with Crippen LogP contribution < -0.4 is 19.5 Å². The Kier molecular flexibility index (Phi) is 4.63. The van der Waals surface area contributed by atoms with Crippen molar-refractivity contribution in [3.8, 4) is 17.2 Å². The molecule has 0 radical (unpaired) electrons. The summed E-state index contributed by atoms with van der Waals surface area (Å²) in [6.07, 6.45) is 1.90. The Morgan fingerprint density at radius 3 is 2.68 bits per heavy atom. The molecule has 28 heavy (non-hydrogen) atoms. The lowest BCUT2D eigenvalue weighted by Crippen LogP contribution is -2.30. The highest BCUT2D eigenvalue weighted by Gasteiger charge is 2.26. The third-order valence-electron chi connectivity index (χ3n) is 5.38. The highest BCUT2D eigenvalue weighted by atomic mass is 16.7. The van der Waals surface area contributed by atoms with Crippen LogP contribution in [0.2, 0.25) is 0 Å². The Labute approximate surface area is 165 Å². The largest absolute Gasteiger partial charge is 0.493 e. The van der Waals surface area contributed by atoms with E-state index in [1.165, 1.54) is 22.3 Å². The lowest BCUT2D eigenvalue weighted by atomic mass is 9.89. The standard InChI is InChI=1S/C24H23NO3/c1-2-5-17(6-3-1)10-12-26-20-8-4-7-19(13-20)24-21-15-23-22(27-16-28-23)14-18(21)9-11-25-24/h1-8,13-15,24-25H,9-12,16H2. The van der Waals surface area contributed by atoms with Crippen LogP contribution in [0.4, 0.5) is 0 Å². The summed E-state index contributed by atoms with van der Waals surface area (Å²) in [6, 6.07) is 23.2. The average molecular weight is 373 g/mol. The van der Waals surface area contributed by atoms with Gasteiger partial charge in [0.1, 0.15) is 5.75 Å². The molecule has 0 aromatic heterocycles. The van der Waals surface area contributed by atoms with Crippen molar-refractivity contribution in [2.45, 2.75) is 18.9 Å². The number of hydrogen-bond acceptors (Lipinski definition) is 4. The molecule has 0 fully saturated rings. The molecule has 3 aromatic rings. The van der Waals surface area contributed by atoms with Gasteiger partial charge in [-0.15, -0.1) is 0 Å². The molecule has 4 heteroatoms. The summed E-state index contributed by atoms with van der Waals surface area (Å²) >= 11 is 0. The molecular weight excluding hydrogens is 350 g/mol. The minimum absolute atomic E-state index is 0.135. The molecule has 142 valence electrons. The van der Waals surface area contributed by atoms with E-state index in [4.69, 9.17) is 14.2 Å². The molecule has 3 aromatic carbocycles. The van der Waals surface area contributed by atoms with E-state index in [9.17, 15) is 0 Å². The predicted octanol–water partition coefficient (Wildman–Crippen LogP) is 4.27. The van der Waals surface area contributed by atoms with Crippen LogP contribution in [0.5, 0.6) is 17.2 Å². The molecule has 5 rings (SSSR count). The Morgan fingerprint density at radius 1 is 0.929 bits per heavy atom. The Balaban J connectivity index is 1.34. The predicted molar refractivity (Wildman–Crippen MR) is 108 cm³/mol. The van der Waals surface area contributed by atoms with Crippen LogP contribution in [0.25, 0.3) is 0 Å². The van der Waals surface area contributed by atoms with Gasteiger partial charge in [0.05, 0.1) is 12.6 Å². The van der Waals surface area contributed by atoms with Crippen molar-refractivity contribution < 1.29 is 14.2 Å². The summed E-state index contributed by atoms with van der Waals surface area (Å²) in [6.45, 7) is 1.91. The SMILES string of the molecule is c1ccc(CCOc2cccc(C3NCCc4cc5c(cc43)OCO5)c2)cc1. The van der Waals surface area contributed by atoms with E-state index in [0.29, 0.717) is 13.4 Å². The van der Waals surface area contributed by atoms with Crippen LogP contribution in [0.1, 0.15) is 28.3 Å². The zero-order valence-electron chi connectivity index (χ0n) is 15.7. The molecule has 1 unspecified atom stereocenters. The van der Waals surface area contributed by atoms with Crippen molar-refractivity contribution in [1.82, 2.24) is 5.32 Å². The third kappa shape index (κ3) is 3.43. The number of hydrogen-bond donors (Lipinski definition) is 1. The van der Waals surface area contributed by atoms with Gasteiger partial charge in [0, 0.05) is 13.0 Å². The Bertz CT molecular complexity index is 971. The second-order valence-electron chi connectivity index (χ2n) is 7.20. The second kappa shape index (κ2) is 7.56. The normalized spacial score (nSPS) is 17.2. The molecule has 0 amide bonds. The van der Waals surface area contributed by atoms with Crippen molar-refractivity contribution in [3.63, 3.8) is 0 Å². The molecular formula is C24H23NO3. The van der Waals surface area contributed by atoms with Gasteiger partial charge < -0.3 is 19.5 Å². The van der Waals surface area contributed by atoms with E-state index in [2.05, 4.69) is 59.9 Å². The van der Waals surface area contributed by atoms with Crippen molar-refractivity contribution in [2.24, 2.45) is 0 Å². The van der Waals surface area contributed by atoms with E-state index in [1.54, 1.807) is 0 Å². The van der Waals surface area contributed by atoms with E-state index in [1.807, 2.05) is 12.1 Å². The van der Waals surface area contributed by atoms with Crippen LogP contribution in [-0.4, -0.2) is 19.9 Å². The van der Waals surface area contributed by atoms with E-state index >= 15 is 0 Å². The molecule has 2 aliphatic rings. The summed E-state index contributed by atoms with van der Waals surface area (Å²) in [5, 5.41) is 3.64. The number of rotatable bonds is 5. The monoisotopic (exact) mass is 373 g/mol. The van der Waals surface area contributed by atoms with Crippen LogP contribution in [0.15, 0.2) is 66.7 Å². The van der Waals surface area contributed by atoms with Gasteiger partial charge in [-0.3, -0.25) is 0 Å². The number of nitrogens with one attached hydrogen (secondary N) is 1. The molecule has 0 saturated heterocycles. The van der Waals surface area contributed by atoms with Crippen LogP contribution in [-0.2, 0) is 12.8 Å². The summed E-state index contributed by atoms with van der Waals surface area (Å²) in [4.78, 5) is 0. The molecule has 2 heterocycles. The summed E-state index contributed by atoms with van der Waals surface area (Å²) in [5.41, 5.74) is 5.08. The average Bonchev–Trinajstić information content (AvgIpc) is 3.20. The van der Waals surface area contributed by atoms with Crippen LogP contribution >= 0.6 is 0 Å².